The van der Waals surface area contributed by atoms with E-state index in [2.05, 4.69) is 78.7 Å². The normalized spacial score (nSPS) is 13.9. The summed E-state index contributed by atoms with van der Waals surface area (Å²) in [5, 5.41) is 1.28. The van der Waals surface area contributed by atoms with E-state index in [1.807, 2.05) is 0 Å². The van der Waals surface area contributed by atoms with Gasteiger partial charge in [-0.3, -0.25) is 0 Å². The fourth-order valence-electron chi connectivity index (χ4n) is 3.33. The van der Waals surface area contributed by atoms with E-state index in [-0.39, 0.29) is 0 Å². The van der Waals surface area contributed by atoms with E-state index in [0.717, 1.165) is 18.7 Å². The average Bonchev–Trinajstić information content (AvgIpc) is 3.08. The highest BCUT2D eigenvalue weighted by Gasteiger charge is 2.23. The predicted octanol–water partition coefficient (Wildman–Crippen LogP) is 4.73. The molecule has 0 amide bonds. The third-order valence-electron chi connectivity index (χ3n) is 4.73. The third kappa shape index (κ3) is 1.87. The number of hydrogen-bond acceptors (Lipinski definition) is 1. The third-order valence-corrected chi connectivity index (χ3v) is 4.73. The first kappa shape index (κ1) is 13.2. The summed E-state index contributed by atoms with van der Waals surface area (Å²) in [5.74, 6) is 0. The van der Waals surface area contributed by atoms with E-state index in [1.54, 1.807) is 0 Å². The Morgan fingerprint density at radius 2 is 1.95 bits per heavy atom. The first-order valence-electron chi connectivity index (χ1n) is 7.81. The molecule has 2 aromatic carbocycles. The molecule has 3 aromatic rings. The molecular formula is C20H20N2. The summed E-state index contributed by atoms with van der Waals surface area (Å²) < 4.78 is 2.17. The van der Waals surface area contributed by atoms with Crippen molar-refractivity contribution in [1.29, 1.82) is 0 Å². The van der Waals surface area contributed by atoms with Gasteiger partial charge in [0, 0.05) is 42.3 Å². The van der Waals surface area contributed by atoms with E-state index in [4.69, 9.17) is 0 Å². The van der Waals surface area contributed by atoms with Crippen molar-refractivity contribution in [3.8, 4) is 0 Å². The lowest BCUT2D eigenvalue weighted by molar-refractivity contribution is 0.967. The zero-order chi connectivity index (χ0) is 15.3. The zero-order valence-electron chi connectivity index (χ0n) is 13.1. The Morgan fingerprint density at radius 1 is 1.09 bits per heavy atom. The van der Waals surface area contributed by atoms with Gasteiger partial charge in [-0.1, -0.05) is 31.7 Å². The molecule has 1 aromatic heterocycles. The van der Waals surface area contributed by atoms with Crippen molar-refractivity contribution in [2.75, 3.05) is 4.90 Å². The Kier molecular flexibility index (Phi) is 2.86. The Labute approximate surface area is 131 Å². The highest BCUT2D eigenvalue weighted by atomic mass is 15.2. The van der Waals surface area contributed by atoms with Crippen LogP contribution in [-0.4, -0.2) is 4.57 Å². The Morgan fingerprint density at radius 3 is 2.77 bits per heavy atom. The second-order valence-corrected chi connectivity index (χ2v) is 6.05. The molecule has 0 N–H and O–H groups in total. The minimum atomic E-state index is 0.911. The molecule has 4 rings (SSSR count). The molecule has 0 radical (unpaired) electrons. The van der Waals surface area contributed by atoms with Crippen molar-refractivity contribution in [2.24, 2.45) is 7.05 Å². The molecule has 0 saturated carbocycles. The standard InChI is InChI=1S/C20H20N2/c1-4-15-5-6-17-13-22(14(2)19(17)11-15)18-8-7-16-9-10-21(3)20(16)12-18/h5-12H,2,4,13H2,1,3H3. The van der Waals surface area contributed by atoms with Crippen molar-refractivity contribution in [3.05, 3.63) is 71.9 Å². The van der Waals surface area contributed by atoms with Crippen LogP contribution in [0.5, 0.6) is 0 Å². The first-order valence-corrected chi connectivity index (χ1v) is 7.81. The van der Waals surface area contributed by atoms with E-state index < -0.39 is 0 Å². The molecule has 0 saturated heterocycles. The number of hydrogen-bond donors (Lipinski definition) is 0. The maximum Gasteiger partial charge on any atom is 0.0498 e. The van der Waals surface area contributed by atoms with Gasteiger partial charge in [-0.15, -0.1) is 0 Å². The van der Waals surface area contributed by atoms with Gasteiger partial charge in [0.1, 0.15) is 0 Å². The monoisotopic (exact) mass is 288 g/mol. The van der Waals surface area contributed by atoms with Gasteiger partial charge < -0.3 is 9.47 Å². The van der Waals surface area contributed by atoms with Crippen LogP contribution >= 0.6 is 0 Å². The molecule has 0 aliphatic carbocycles. The van der Waals surface area contributed by atoms with Crippen LogP contribution < -0.4 is 4.90 Å². The second-order valence-electron chi connectivity index (χ2n) is 6.05. The minimum Gasteiger partial charge on any atom is -0.350 e. The smallest absolute Gasteiger partial charge is 0.0498 e. The maximum absolute atomic E-state index is 4.34. The van der Waals surface area contributed by atoms with Crippen molar-refractivity contribution in [1.82, 2.24) is 4.57 Å². The average molecular weight is 288 g/mol. The summed E-state index contributed by atoms with van der Waals surface area (Å²) in [7, 11) is 2.09. The van der Waals surface area contributed by atoms with Crippen LogP contribution in [-0.2, 0) is 20.0 Å². The Bertz CT molecular complexity index is 886. The number of fused-ring (bicyclic) bond motifs is 2. The van der Waals surface area contributed by atoms with Gasteiger partial charge in [-0.2, -0.15) is 0 Å². The molecule has 2 heterocycles. The van der Waals surface area contributed by atoms with Crippen molar-refractivity contribution >= 4 is 22.3 Å². The van der Waals surface area contributed by atoms with Gasteiger partial charge in [0.25, 0.3) is 0 Å². The minimum absolute atomic E-state index is 0.911. The van der Waals surface area contributed by atoms with Gasteiger partial charge in [-0.05, 0) is 47.2 Å². The molecule has 1 aliphatic rings. The lowest BCUT2D eigenvalue weighted by atomic mass is 10.0. The maximum atomic E-state index is 4.34. The highest BCUT2D eigenvalue weighted by Crippen LogP contribution is 2.37. The van der Waals surface area contributed by atoms with Gasteiger partial charge in [0.2, 0.25) is 0 Å². The number of rotatable bonds is 2. The number of nitrogens with zero attached hydrogens (tertiary/aromatic N) is 2. The van der Waals surface area contributed by atoms with Crippen LogP contribution in [0, 0.1) is 0 Å². The molecule has 0 atom stereocenters. The lowest BCUT2D eigenvalue weighted by Gasteiger charge is -2.20. The SMILES string of the molecule is C=C1c2cc(CC)ccc2CN1c1ccc2ccn(C)c2c1. The molecule has 0 fully saturated rings. The van der Waals surface area contributed by atoms with Crippen LogP contribution in [0.3, 0.4) is 0 Å². The molecular weight excluding hydrogens is 268 g/mol. The summed E-state index contributed by atoms with van der Waals surface area (Å²) in [6.45, 7) is 7.44. The van der Waals surface area contributed by atoms with Crippen LogP contribution in [0.25, 0.3) is 16.6 Å². The predicted molar refractivity (Wildman–Crippen MR) is 94.0 cm³/mol. The van der Waals surface area contributed by atoms with E-state index in [0.29, 0.717) is 0 Å². The Hall–Kier alpha value is -2.48. The number of benzene rings is 2. The van der Waals surface area contributed by atoms with Gasteiger partial charge in [-0.25, -0.2) is 0 Å². The highest BCUT2D eigenvalue weighted by molar-refractivity contribution is 5.89. The quantitative estimate of drug-likeness (QED) is 0.661. The van der Waals surface area contributed by atoms with E-state index in [9.17, 15) is 0 Å². The summed E-state index contributed by atoms with van der Waals surface area (Å²) >= 11 is 0. The lowest BCUT2D eigenvalue weighted by Crippen LogP contribution is -2.12. The topological polar surface area (TPSA) is 8.17 Å². The van der Waals surface area contributed by atoms with Gasteiger partial charge in [0.05, 0.1) is 0 Å². The molecule has 1 aliphatic heterocycles. The molecule has 2 nitrogen and oxygen atoms in total. The molecule has 0 unspecified atom stereocenters. The number of aromatic nitrogens is 1. The second kappa shape index (κ2) is 4.77. The fourth-order valence-corrected chi connectivity index (χ4v) is 3.33. The first-order chi connectivity index (χ1) is 10.7. The Balaban J connectivity index is 1.77. The number of aryl methyl sites for hydroxylation is 2. The molecule has 0 bridgehead atoms. The van der Waals surface area contributed by atoms with Crippen LogP contribution in [0.4, 0.5) is 5.69 Å². The summed E-state index contributed by atoms with van der Waals surface area (Å²) in [6, 6.07) is 15.6. The zero-order valence-corrected chi connectivity index (χ0v) is 13.1. The van der Waals surface area contributed by atoms with E-state index in [1.165, 1.54) is 33.3 Å². The molecule has 110 valence electrons. The molecule has 2 heteroatoms. The largest absolute Gasteiger partial charge is 0.350 e. The summed E-state index contributed by atoms with van der Waals surface area (Å²) in [6.07, 6.45) is 3.17. The number of anilines is 1. The van der Waals surface area contributed by atoms with Crippen molar-refractivity contribution in [3.63, 3.8) is 0 Å². The van der Waals surface area contributed by atoms with Crippen LogP contribution in [0.2, 0.25) is 0 Å². The van der Waals surface area contributed by atoms with Gasteiger partial charge in [0.15, 0.2) is 0 Å². The van der Waals surface area contributed by atoms with E-state index >= 15 is 0 Å². The summed E-state index contributed by atoms with van der Waals surface area (Å²) in [4.78, 5) is 2.32. The van der Waals surface area contributed by atoms with Crippen molar-refractivity contribution < 1.29 is 0 Å². The van der Waals surface area contributed by atoms with Crippen molar-refractivity contribution in [2.45, 2.75) is 19.9 Å². The molecule has 22 heavy (non-hydrogen) atoms. The van der Waals surface area contributed by atoms with Crippen LogP contribution in [0.15, 0.2) is 55.2 Å². The summed E-state index contributed by atoms with van der Waals surface area (Å²) in [5.41, 5.74) is 7.63. The van der Waals surface area contributed by atoms with Gasteiger partial charge >= 0.3 is 0 Å². The fraction of sp³-hybridized carbons (Fsp3) is 0.200. The molecule has 0 spiro atoms. The van der Waals surface area contributed by atoms with Crippen LogP contribution in [0.1, 0.15) is 23.6 Å².